The Bertz CT molecular complexity index is 632. The highest BCUT2D eigenvalue weighted by molar-refractivity contribution is 7.87. The summed E-state index contributed by atoms with van der Waals surface area (Å²) >= 11 is 0. The number of rotatable bonds is 2. The van der Waals surface area contributed by atoms with Crippen molar-refractivity contribution in [1.29, 1.82) is 0 Å². The summed E-state index contributed by atoms with van der Waals surface area (Å²) in [4.78, 5) is 0. The van der Waals surface area contributed by atoms with E-state index < -0.39 is 21.5 Å². The molecule has 1 aromatic rings. The van der Waals surface area contributed by atoms with Crippen molar-refractivity contribution in [3.8, 4) is 5.88 Å². The maximum absolute atomic E-state index is 12.3. The van der Waals surface area contributed by atoms with Crippen LogP contribution in [0.4, 0.5) is 13.2 Å². The summed E-state index contributed by atoms with van der Waals surface area (Å²) in [5.74, 6) is -0.525. The van der Waals surface area contributed by atoms with Gasteiger partial charge >= 0.3 is 15.6 Å². The van der Waals surface area contributed by atoms with Gasteiger partial charge < -0.3 is 9.50 Å². The third-order valence-electron chi connectivity index (χ3n) is 3.83. The molecule has 0 bridgehead atoms. The number of nitrogens with zero attached hydrogens (tertiary/aromatic N) is 2. The van der Waals surface area contributed by atoms with Gasteiger partial charge in [-0.15, -0.1) is 5.10 Å². The van der Waals surface area contributed by atoms with Gasteiger partial charge in [-0.05, 0) is 19.4 Å². The van der Waals surface area contributed by atoms with E-state index in [0.29, 0.717) is 13.1 Å². The average molecular weight is 311 g/mol. The molecular formula is C10H12F3N3O3S. The Morgan fingerprint density at radius 1 is 1.40 bits per heavy atom. The number of nitrogens with one attached hydrogen (secondary N) is 1. The molecule has 1 aromatic heterocycles. The maximum Gasteiger partial charge on any atom is 0.534 e. The molecule has 0 radical (unpaired) electrons. The monoisotopic (exact) mass is 311 g/mol. The van der Waals surface area contributed by atoms with E-state index >= 15 is 0 Å². The first kappa shape index (κ1) is 13.7. The Labute approximate surface area is 113 Å². The largest absolute Gasteiger partial charge is 0.534 e. The number of halogens is 3. The fraction of sp³-hybridized carbons (Fsp3) is 0.700. The second-order valence-corrected chi connectivity index (χ2v) is 6.57. The lowest BCUT2D eigenvalue weighted by atomic mass is 9.83. The zero-order chi connectivity index (χ0) is 14.6. The van der Waals surface area contributed by atoms with Gasteiger partial charge in [0, 0.05) is 30.3 Å². The van der Waals surface area contributed by atoms with Gasteiger partial charge in [-0.3, -0.25) is 4.68 Å². The number of hydrogen-bond donors (Lipinski definition) is 1. The molecule has 2 aliphatic heterocycles. The SMILES string of the molecule is O=S(=O)(Oc1cc2n(n1)CCC21CCNC1)C(F)(F)F. The van der Waals surface area contributed by atoms with Crippen molar-refractivity contribution >= 4 is 10.1 Å². The number of alkyl halides is 3. The Morgan fingerprint density at radius 2 is 2.15 bits per heavy atom. The molecule has 1 unspecified atom stereocenters. The van der Waals surface area contributed by atoms with Crippen LogP contribution in [-0.2, 0) is 22.1 Å². The zero-order valence-electron chi connectivity index (χ0n) is 10.3. The van der Waals surface area contributed by atoms with Crippen LogP contribution >= 0.6 is 0 Å². The summed E-state index contributed by atoms with van der Waals surface area (Å²) < 4.78 is 64.3. The first-order valence-corrected chi connectivity index (χ1v) is 7.44. The van der Waals surface area contributed by atoms with Gasteiger partial charge in [0.05, 0.1) is 0 Å². The third kappa shape index (κ3) is 1.97. The van der Waals surface area contributed by atoms with Crippen molar-refractivity contribution in [1.82, 2.24) is 15.1 Å². The predicted octanol–water partition coefficient (Wildman–Crippen LogP) is 0.746. The van der Waals surface area contributed by atoms with Gasteiger partial charge in [0.1, 0.15) is 0 Å². The van der Waals surface area contributed by atoms with Gasteiger partial charge in [-0.2, -0.15) is 21.6 Å². The van der Waals surface area contributed by atoms with Crippen LogP contribution in [0.3, 0.4) is 0 Å². The van der Waals surface area contributed by atoms with Crippen LogP contribution < -0.4 is 9.50 Å². The lowest BCUT2D eigenvalue weighted by Gasteiger charge is -2.19. The summed E-state index contributed by atoms with van der Waals surface area (Å²) in [6.07, 6.45) is 1.69. The van der Waals surface area contributed by atoms with Gasteiger partial charge in [0.15, 0.2) is 0 Å². The second-order valence-electron chi connectivity index (χ2n) is 5.03. The van der Waals surface area contributed by atoms with Crippen LogP contribution in [-0.4, -0.2) is 36.8 Å². The minimum absolute atomic E-state index is 0.170. The summed E-state index contributed by atoms with van der Waals surface area (Å²) in [5.41, 5.74) is -4.89. The van der Waals surface area contributed by atoms with Crippen molar-refractivity contribution in [3.63, 3.8) is 0 Å². The minimum atomic E-state index is -5.66. The first-order valence-electron chi connectivity index (χ1n) is 6.03. The van der Waals surface area contributed by atoms with E-state index in [4.69, 9.17) is 0 Å². The van der Waals surface area contributed by atoms with E-state index in [9.17, 15) is 21.6 Å². The minimum Gasteiger partial charge on any atom is -0.354 e. The molecular weight excluding hydrogens is 299 g/mol. The van der Waals surface area contributed by atoms with Crippen LogP contribution in [0.1, 0.15) is 18.5 Å². The van der Waals surface area contributed by atoms with Crippen molar-refractivity contribution in [2.75, 3.05) is 13.1 Å². The van der Waals surface area contributed by atoms with Crippen LogP contribution in [0.5, 0.6) is 5.88 Å². The molecule has 112 valence electrons. The number of aromatic nitrogens is 2. The smallest absolute Gasteiger partial charge is 0.354 e. The van der Waals surface area contributed by atoms with E-state index in [2.05, 4.69) is 14.6 Å². The fourth-order valence-electron chi connectivity index (χ4n) is 2.81. The van der Waals surface area contributed by atoms with E-state index in [1.807, 2.05) is 0 Å². The molecule has 0 saturated carbocycles. The highest BCUT2D eigenvalue weighted by Crippen LogP contribution is 2.41. The average Bonchev–Trinajstić information content (AvgIpc) is 2.97. The Kier molecular flexibility index (Phi) is 2.81. The molecule has 1 saturated heterocycles. The molecule has 0 aromatic carbocycles. The van der Waals surface area contributed by atoms with Crippen LogP contribution in [0, 0.1) is 0 Å². The topological polar surface area (TPSA) is 73.2 Å². The van der Waals surface area contributed by atoms with Crippen molar-refractivity contribution < 1.29 is 25.8 Å². The number of aryl methyl sites for hydroxylation is 1. The molecule has 3 heterocycles. The number of fused-ring (bicyclic) bond motifs is 2. The van der Waals surface area contributed by atoms with E-state index in [-0.39, 0.29) is 5.41 Å². The van der Waals surface area contributed by atoms with Gasteiger partial charge in [-0.1, -0.05) is 0 Å². The fourth-order valence-corrected chi connectivity index (χ4v) is 3.22. The van der Waals surface area contributed by atoms with Crippen molar-refractivity contribution in [2.45, 2.75) is 30.3 Å². The Hall–Kier alpha value is -1.29. The highest BCUT2D eigenvalue weighted by atomic mass is 32.2. The summed E-state index contributed by atoms with van der Waals surface area (Å²) in [7, 11) is -5.66. The summed E-state index contributed by atoms with van der Waals surface area (Å²) in [6.45, 7) is 2.08. The lowest BCUT2D eigenvalue weighted by Crippen LogP contribution is -2.28. The van der Waals surface area contributed by atoms with Gasteiger partial charge in [0.25, 0.3) is 5.88 Å². The summed E-state index contributed by atoms with van der Waals surface area (Å²) in [5, 5.41) is 6.99. The number of hydrogen-bond acceptors (Lipinski definition) is 5. The third-order valence-corrected chi connectivity index (χ3v) is 4.78. The van der Waals surface area contributed by atoms with Gasteiger partial charge in [0.2, 0.25) is 0 Å². The summed E-state index contributed by atoms with van der Waals surface area (Å²) in [6, 6.07) is 1.29. The Morgan fingerprint density at radius 3 is 2.75 bits per heavy atom. The molecule has 0 aliphatic carbocycles. The molecule has 1 atom stereocenters. The van der Waals surface area contributed by atoms with E-state index in [0.717, 1.165) is 25.1 Å². The molecule has 2 aliphatic rings. The van der Waals surface area contributed by atoms with Crippen LogP contribution in [0.25, 0.3) is 0 Å². The quantitative estimate of drug-likeness (QED) is 0.644. The molecule has 20 heavy (non-hydrogen) atoms. The molecule has 10 heteroatoms. The lowest BCUT2D eigenvalue weighted by molar-refractivity contribution is -0.0501. The second kappa shape index (κ2) is 4.10. The van der Waals surface area contributed by atoms with Crippen molar-refractivity contribution in [2.24, 2.45) is 0 Å². The molecule has 3 rings (SSSR count). The van der Waals surface area contributed by atoms with Crippen LogP contribution in [0.15, 0.2) is 6.07 Å². The van der Waals surface area contributed by atoms with E-state index in [1.54, 1.807) is 0 Å². The standard InChI is InChI=1S/C10H12F3N3O3S/c11-10(12,13)20(17,18)19-8-5-7-9(1-3-14-6-9)2-4-16(7)15-8/h5,14H,1-4,6H2. The normalized spacial score (nSPS) is 26.1. The predicted molar refractivity (Wildman–Crippen MR) is 61.6 cm³/mol. The van der Waals surface area contributed by atoms with Gasteiger partial charge in [-0.25, -0.2) is 0 Å². The van der Waals surface area contributed by atoms with E-state index in [1.165, 1.54) is 10.7 Å². The molecule has 6 nitrogen and oxygen atoms in total. The maximum atomic E-state index is 12.3. The molecule has 1 N–H and O–H groups in total. The molecule has 0 amide bonds. The molecule has 1 fully saturated rings. The zero-order valence-corrected chi connectivity index (χ0v) is 11.1. The highest BCUT2D eigenvalue weighted by Gasteiger charge is 2.50. The molecule has 1 spiro atoms. The van der Waals surface area contributed by atoms with Crippen molar-refractivity contribution in [3.05, 3.63) is 11.8 Å². The Balaban J connectivity index is 1.89. The first-order chi connectivity index (χ1) is 9.24. The van der Waals surface area contributed by atoms with Crippen LogP contribution in [0.2, 0.25) is 0 Å².